The molecular formula is C24H22O2. The third-order valence-electron chi connectivity index (χ3n) is 5.86. The highest BCUT2D eigenvalue weighted by Crippen LogP contribution is 2.49. The van der Waals surface area contributed by atoms with Crippen molar-refractivity contribution >= 4 is 11.0 Å². The lowest BCUT2D eigenvalue weighted by molar-refractivity contribution is 0.477. The molecule has 1 aliphatic rings. The van der Waals surface area contributed by atoms with Crippen LogP contribution < -0.4 is 0 Å². The van der Waals surface area contributed by atoms with E-state index in [0.29, 0.717) is 0 Å². The predicted molar refractivity (Wildman–Crippen MR) is 105 cm³/mol. The Hall–Kier alpha value is -2.74. The maximum Gasteiger partial charge on any atom is 0.142 e. The van der Waals surface area contributed by atoms with Gasteiger partial charge in [0, 0.05) is 22.8 Å². The Bertz CT molecular complexity index is 1110. The zero-order chi connectivity index (χ0) is 17.9. The van der Waals surface area contributed by atoms with E-state index in [1.165, 1.54) is 16.7 Å². The number of rotatable bonds is 1. The van der Waals surface area contributed by atoms with Crippen LogP contribution in [0.3, 0.4) is 0 Å². The fourth-order valence-corrected chi connectivity index (χ4v) is 4.40. The van der Waals surface area contributed by atoms with E-state index in [9.17, 15) is 0 Å². The summed E-state index contributed by atoms with van der Waals surface area (Å²) >= 11 is 0. The molecule has 2 nitrogen and oxygen atoms in total. The zero-order valence-electron chi connectivity index (χ0n) is 15.4. The third-order valence-corrected chi connectivity index (χ3v) is 5.86. The summed E-state index contributed by atoms with van der Waals surface area (Å²) in [5.74, 6) is 2.97. The summed E-state index contributed by atoms with van der Waals surface area (Å²) in [6, 6.07) is 19.4. The van der Waals surface area contributed by atoms with Crippen LogP contribution in [0.15, 0.2) is 63.4 Å². The summed E-state index contributed by atoms with van der Waals surface area (Å²) in [7, 11) is 0. The third kappa shape index (κ3) is 2.11. The molecule has 0 aliphatic heterocycles. The van der Waals surface area contributed by atoms with Crippen LogP contribution in [0.5, 0.6) is 0 Å². The minimum absolute atomic E-state index is 0.0912. The van der Waals surface area contributed by atoms with Crippen LogP contribution in [-0.4, -0.2) is 0 Å². The second-order valence-corrected chi connectivity index (χ2v) is 7.70. The number of furan rings is 2. The molecule has 2 heteroatoms. The number of fused-ring (bicyclic) bond motifs is 5. The molecule has 2 heterocycles. The van der Waals surface area contributed by atoms with Crippen molar-refractivity contribution in [2.24, 2.45) is 0 Å². The molecule has 0 amide bonds. The van der Waals surface area contributed by atoms with Crippen LogP contribution in [0.25, 0.3) is 22.3 Å². The quantitative estimate of drug-likeness (QED) is 0.391. The normalized spacial score (nSPS) is 19.2. The predicted octanol–water partition coefficient (Wildman–Crippen LogP) is 6.56. The van der Waals surface area contributed by atoms with E-state index >= 15 is 0 Å². The molecule has 26 heavy (non-hydrogen) atoms. The first-order valence-corrected chi connectivity index (χ1v) is 9.25. The van der Waals surface area contributed by atoms with Gasteiger partial charge in [-0.05, 0) is 44.0 Å². The molecule has 4 aromatic rings. The van der Waals surface area contributed by atoms with Crippen molar-refractivity contribution in [1.82, 2.24) is 0 Å². The van der Waals surface area contributed by atoms with E-state index in [1.54, 1.807) is 0 Å². The van der Waals surface area contributed by atoms with Crippen LogP contribution in [0.1, 0.15) is 41.6 Å². The van der Waals surface area contributed by atoms with Crippen LogP contribution in [0.4, 0.5) is 0 Å². The van der Waals surface area contributed by atoms with Crippen molar-refractivity contribution in [2.45, 2.75) is 39.0 Å². The number of hydrogen-bond donors (Lipinski definition) is 0. The number of benzene rings is 2. The SMILES string of the molecule is Cc1ccc2oc3c(c2c1)-c1oc(C)cc1[C@](C)(c1ccccc1)CC3. The Morgan fingerprint density at radius 3 is 2.54 bits per heavy atom. The standard InChI is InChI=1S/C24H22O2/c1-15-9-10-20-18(13-15)22-21(26-20)11-12-24(3,17-7-5-4-6-8-17)19-14-16(2)25-23(19)22/h4-10,13-14H,11-12H2,1-3H3/t24-/m0/s1. The molecule has 2 aromatic heterocycles. The maximum atomic E-state index is 6.28. The van der Waals surface area contributed by atoms with Gasteiger partial charge in [0.15, 0.2) is 0 Å². The molecule has 0 radical (unpaired) electrons. The molecule has 1 atom stereocenters. The summed E-state index contributed by atoms with van der Waals surface area (Å²) in [4.78, 5) is 0. The second kappa shape index (κ2) is 5.38. The summed E-state index contributed by atoms with van der Waals surface area (Å²) < 4.78 is 12.5. The lowest BCUT2D eigenvalue weighted by atomic mass is 9.73. The van der Waals surface area contributed by atoms with Gasteiger partial charge in [-0.15, -0.1) is 0 Å². The van der Waals surface area contributed by atoms with Gasteiger partial charge >= 0.3 is 0 Å². The second-order valence-electron chi connectivity index (χ2n) is 7.70. The van der Waals surface area contributed by atoms with E-state index in [0.717, 1.165) is 46.7 Å². The van der Waals surface area contributed by atoms with Crippen molar-refractivity contribution in [3.63, 3.8) is 0 Å². The molecule has 5 rings (SSSR count). The van der Waals surface area contributed by atoms with Gasteiger partial charge in [0.25, 0.3) is 0 Å². The Morgan fingerprint density at radius 1 is 0.923 bits per heavy atom. The van der Waals surface area contributed by atoms with Gasteiger partial charge in [0.05, 0.1) is 5.56 Å². The van der Waals surface area contributed by atoms with Gasteiger partial charge in [-0.1, -0.05) is 48.9 Å². The minimum Gasteiger partial charge on any atom is -0.461 e. The van der Waals surface area contributed by atoms with Crippen LogP contribution in [-0.2, 0) is 11.8 Å². The fraction of sp³-hybridized carbons (Fsp3) is 0.250. The van der Waals surface area contributed by atoms with Crippen LogP contribution in [0.2, 0.25) is 0 Å². The Morgan fingerprint density at radius 2 is 1.73 bits per heavy atom. The highest BCUT2D eigenvalue weighted by Gasteiger charge is 2.38. The average molecular weight is 342 g/mol. The van der Waals surface area contributed by atoms with Gasteiger partial charge in [-0.2, -0.15) is 0 Å². The minimum atomic E-state index is -0.0912. The van der Waals surface area contributed by atoms with Gasteiger partial charge in [0.1, 0.15) is 22.9 Å². The molecule has 0 spiro atoms. The first-order chi connectivity index (χ1) is 12.6. The highest BCUT2D eigenvalue weighted by molar-refractivity contribution is 5.96. The fourth-order valence-electron chi connectivity index (χ4n) is 4.40. The van der Waals surface area contributed by atoms with E-state index in [-0.39, 0.29) is 5.41 Å². The molecule has 130 valence electrons. The largest absolute Gasteiger partial charge is 0.461 e. The first-order valence-electron chi connectivity index (χ1n) is 9.25. The van der Waals surface area contributed by atoms with Crippen molar-refractivity contribution in [3.8, 4) is 11.3 Å². The number of hydrogen-bond acceptors (Lipinski definition) is 2. The molecule has 0 saturated carbocycles. The molecule has 0 unspecified atom stereocenters. The average Bonchev–Trinajstić information content (AvgIpc) is 3.17. The molecule has 0 fully saturated rings. The molecule has 2 aromatic carbocycles. The molecule has 0 bridgehead atoms. The van der Waals surface area contributed by atoms with E-state index in [1.807, 2.05) is 6.92 Å². The van der Waals surface area contributed by atoms with Gasteiger partial charge in [-0.3, -0.25) is 0 Å². The summed E-state index contributed by atoms with van der Waals surface area (Å²) in [6.07, 6.45) is 1.90. The van der Waals surface area contributed by atoms with Gasteiger partial charge in [-0.25, -0.2) is 0 Å². The Balaban J connectivity index is 1.83. The van der Waals surface area contributed by atoms with Gasteiger partial charge in [0.2, 0.25) is 0 Å². The Kier molecular flexibility index (Phi) is 3.21. The van der Waals surface area contributed by atoms with Crippen molar-refractivity contribution in [2.75, 3.05) is 0 Å². The van der Waals surface area contributed by atoms with Crippen molar-refractivity contribution < 1.29 is 8.83 Å². The smallest absolute Gasteiger partial charge is 0.142 e. The van der Waals surface area contributed by atoms with Crippen LogP contribution in [0, 0.1) is 13.8 Å². The van der Waals surface area contributed by atoms with E-state index in [2.05, 4.69) is 68.4 Å². The highest BCUT2D eigenvalue weighted by atomic mass is 16.4. The lowest BCUT2D eigenvalue weighted by Crippen LogP contribution is -2.23. The van der Waals surface area contributed by atoms with Gasteiger partial charge < -0.3 is 8.83 Å². The Labute approximate surface area is 153 Å². The van der Waals surface area contributed by atoms with Crippen molar-refractivity contribution in [1.29, 1.82) is 0 Å². The summed E-state index contributed by atoms with van der Waals surface area (Å²) in [5.41, 5.74) is 5.83. The van der Waals surface area contributed by atoms with E-state index in [4.69, 9.17) is 8.83 Å². The topological polar surface area (TPSA) is 26.3 Å². The molecule has 0 saturated heterocycles. The van der Waals surface area contributed by atoms with Crippen molar-refractivity contribution in [3.05, 3.63) is 82.8 Å². The number of aryl methyl sites for hydroxylation is 3. The summed E-state index contributed by atoms with van der Waals surface area (Å²) in [6.45, 7) is 6.49. The van der Waals surface area contributed by atoms with Crippen LogP contribution >= 0.6 is 0 Å². The first kappa shape index (κ1) is 15.5. The van der Waals surface area contributed by atoms with E-state index < -0.39 is 0 Å². The summed E-state index contributed by atoms with van der Waals surface area (Å²) in [5, 5.41) is 1.16. The monoisotopic (exact) mass is 342 g/mol. The molecular weight excluding hydrogens is 320 g/mol. The maximum absolute atomic E-state index is 6.28. The molecule has 1 aliphatic carbocycles. The lowest BCUT2D eigenvalue weighted by Gasteiger charge is -2.29. The molecule has 0 N–H and O–H groups in total. The zero-order valence-corrected chi connectivity index (χ0v) is 15.4.